The lowest BCUT2D eigenvalue weighted by Gasteiger charge is -1.99. The SMILES string of the molecule is CCOC(=O)/C=C/C1=c2cc/c(=C\c3c(O)[nH]c4ccc(OC)cc34)cc2N=N1. The number of aromatic nitrogens is 1. The molecule has 2 heterocycles. The average molecular weight is 389 g/mol. The zero-order chi connectivity index (χ0) is 20.4. The van der Waals surface area contributed by atoms with Gasteiger partial charge in [-0.3, -0.25) is 0 Å². The van der Waals surface area contributed by atoms with Gasteiger partial charge >= 0.3 is 5.97 Å². The van der Waals surface area contributed by atoms with E-state index in [1.54, 1.807) is 20.1 Å². The second kappa shape index (κ2) is 7.63. The molecular formula is C22H19N3O4. The molecule has 0 radical (unpaired) electrons. The summed E-state index contributed by atoms with van der Waals surface area (Å²) in [5.74, 6) is 0.375. The molecule has 0 atom stereocenters. The van der Waals surface area contributed by atoms with Gasteiger partial charge in [0.25, 0.3) is 0 Å². The van der Waals surface area contributed by atoms with Crippen molar-refractivity contribution in [3.8, 4) is 11.6 Å². The predicted molar refractivity (Wildman–Crippen MR) is 109 cm³/mol. The molecule has 2 aromatic carbocycles. The highest BCUT2D eigenvalue weighted by Gasteiger charge is 2.11. The summed E-state index contributed by atoms with van der Waals surface area (Å²) in [6.45, 7) is 2.07. The fraction of sp³-hybridized carbons (Fsp3) is 0.136. The summed E-state index contributed by atoms with van der Waals surface area (Å²) in [4.78, 5) is 14.5. The summed E-state index contributed by atoms with van der Waals surface area (Å²) in [7, 11) is 1.60. The van der Waals surface area contributed by atoms with Gasteiger partial charge in [0.05, 0.1) is 25.1 Å². The van der Waals surface area contributed by atoms with Crippen LogP contribution in [0.3, 0.4) is 0 Å². The number of aromatic amines is 1. The van der Waals surface area contributed by atoms with E-state index in [1.165, 1.54) is 6.08 Å². The summed E-state index contributed by atoms with van der Waals surface area (Å²) >= 11 is 0. The van der Waals surface area contributed by atoms with E-state index >= 15 is 0 Å². The zero-order valence-electron chi connectivity index (χ0n) is 16.0. The van der Waals surface area contributed by atoms with Crippen molar-refractivity contribution in [1.82, 2.24) is 4.98 Å². The molecule has 0 spiro atoms. The molecule has 29 heavy (non-hydrogen) atoms. The summed E-state index contributed by atoms with van der Waals surface area (Å²) < 4.78 is 10.2. The number of nitrogens with zero attached hydrogens (tertiary/aromatic N) is 2. The number of carbonyl (C=O) groups excluding carboxylic acids is 1. The van der Waals surface area contributed by atoms with Gasteiger partial charge < -0.3 is 19.6 Å². The van der Waals surface area contributed by atoms with Gasteiger partial charge in [-0.1, -0.05) is 6.07 Å². The van der Waals surface area contributed by atoms with Crippen LogP contribution in [0.2, 0.25) is 0 Å². The van der Waals surface area contributed by atoms with Crippen molar-refractivity contribution in [1.29, 1.82) is 0 Å². The van der Waals surface area contributed by atoms with Gasteiger partial charge in [0.15, 0.2) is 5.88 Å². The average Bonchev–Trinajstić information content (AvgIpc) is 3.26. The van der Waals surface area contributed by atoms with Crippen LogP contribution in [-0.4, -0.2) is 29.8 Å². The van der Waals surface area contributed by atoms with Crippen molar-refractivity contribution >= 4 is 34.3 Å². The Morgan fingerprint density at radius 3 is 2.86 bits per heavy atom. The van der Waals surface area contributed by atoms with Crippen LogP contribution < -0.4 is 15.2 Å². The molecule has 7 nitrogen and oxygen atoms in total. The van der Waals surface area contributed by atoms with E-state index in [2.05, 4.69) is 15.2 Å². The highest BCUT2D eigenvalue weighted by Crippen LogP contribution is 2.30. The molecule has 0 saturated carbocycles. The maximum Gasteiger partial charge on any atom is 0.330 e. The van der Waals surface area contributed by atoms with Crippen molar-refractivity contribution < 1.29 is 19.4 Å². The van der Waals surface area contributed by atoms with E-state index in [4.69, 9.17) is 9.47 Å². The van der Waals surface area contributed by atoms with E-state index in [-0.39, 0.29) is 5.88 Å². The number of benzene rings is 2. The molecule has 0 unspecified atom stereocenters. The topological polar surface area (TPSA) is 96.3 Å². The Labute approximate surface area is 166 Å². The van der Waals surface area contributed by atoms with Gasteiger partial charge in [-0.25, -0.2) is 4.79 Å². The summed E-state index contributed by atoms with van der Waals surface area (Å²) in [5.41, 5.74) is 2.77. The van der Waals surface area contributed by atoms with E-state index in [0.717, 1.165) is 21.3 Å². The van der Waals surface area contributed by atoms with Gasteiger partial charge in [-0.2, -0.15) is 0 Å². The number of methoxy groups -OCH3 is 1. The fourth-order valence-electron chi connectivity index (χ4n) is 3.18. The molecule has 0 saturated heterocycles. The standard InChI is InChI=1S/C22H19N3O4/c1-3-29-21(26)9-8-19-15-6-4-13(11-20(15)25-24-19)10-17-16-12-14(28-2)5-7-18(16)23-22(17)27/h4-12,23,27H,3H2,1-2H3/b9-8+,13-10+. The number of hydrogen-bond acceptors (Lipinski definition) is 6. The predicted octanol–water partition coefficient (Wildman–Crippen LogP) is 3.04. The molecule has 1 aromatic heterocycles. The first kappa shape index (κ1) is 18.5. The molecule has 0 amide bonds. The normalized spacial score (nSPS) is 13.4. The van der Waals surface area contributed by atoms with Gasteiger partial charge in [0, 0.05) is 27.8 Å². The molecule has 146 valence electrons. The van der Waals surface area contributed by atoms with Gasteiger partial charge in [-0.15, -0.1) is 10.2 Å². The minimum absolute atomic E-state index is 0.0833. The number of ether oxygens (including phenoxy) is 2. The van der Waals surface area contributed by atoms with Crippen LogP contribution in [0.1, 0.15) is 12.5 Å². The summed E-state index contributed by atoms with van der Waals surface area (Å²) in [5, 5.41) is 21.2. The Morgan fingerprint density at radius 1 is 1.21 bits per heavy atom. The number of hydrogen-bond donors (Lipinski definition) is 2. The second-order valence-corrected chi connectivity index (χ2v) is 6.39. The fourth-order valence-corrected chi connectivity index (χ4v) is 3.18. The number of esters is 1. The molecule has 4 rings (SSSR count). The lowest BCUT2D eigenvalue weighted by atomic mass is 10.1. The number of fused-ring (bicyclic) bond motifs is 2. The van der Waals surface area contributed by atoms with Crippen LogP contribution in [0, 0.1) is 0 Å². The van der Waals surface area contributed by atoms with Gasteiger partial charge in [0.2, 0.25) is 0 Å². The van der Waals surface area contributed by atoms with Crippen molar-refractivity contribution in [2.75, 3.05) is 13.7 Å². The largest absolute Gasteiger partial charge is 0.497 e. The van der Waals surface area contributed by atoms with Crippen molar-refractivity contribution in [3.63, 3.8) is 0 Å². The molecule has 0 aliphatic carbocycles. The van der Waals surface area contributed by atoms with Crippen LogP contribution >= 0.6 is 0 Å². The lowest BCUT2D eigenvalue weighted by Crippen LogP contribution is -2.08. The number of H-pyrrole nitrogens is 1. The minimum atomic E-state index is -0.418. The van der Waals surface area contributed by atoms with Gasteiger partial charge in [-0.05, 0) is 54.6 Å². The molecule has 0 bridgehead atoms. The number of aromatic hydroxyl groups is 1. The van der Waals surface area contributed by atoms with Crippen LogP contribution in [0.25, 0.3) is 22.7 Å². The zero-order valence-corrected chi connectivity index (χ0v) is 16.0. The van der Waals surface area contributed by atoms with Crippen LogP contribution in [-0.2, 0) is 9.53 Å². The first-order valence-electron chi connectivity index (χ1n) is 9.10. The van der Waals surface area contributed by atoms with Crippen LogP contribution in [0.4, 0.5) is 5.69 Å². The van der Waals surface area contributed by atoms with Crippen molar-refractivity contribution in [2.45, 2.75) is 6.92 Å². The third-order valence-corrected chi connectivity index (χ3v) is 4.56. The minimum Gasteiger partial charge on any atom is -0.497 e. The first-order valence-corrected chi connectivity index (χ1v) is 9.10. The highest BCUT2D eigenvalue weighted by atomic mass is 16.5. The maximum atomic E-state index is 11.5. The van der Waals surface area contributed by atoms with E-state index in [0.29, 0.717) is 29.3 Å². The third-order valence-electron chi connectivity index (χ3n) is 4.56. The summed E-state index contributed by atoms with van der Waals surface area (Å²) in [6.07, 6.45) is 4.80. The Morgan fingerprint density at radius 2 is 2.07 bits per heavy atom. The smallest absolute Gasteiger partial charge is 0.330 e. The Kier molecular flexibility index (Phi) is 4.87. The molecule has 2 N–H and O–H groups in total. The second-order valence-electron chi connectivity index (χ2n) is 6.39. The van der Waals surface area contributed by atoms with E-state index in [9.17, 15) is 9.90 Å². The lowest BCUT2D eigenvalue weighted by molar-refractivity contribution is -0.137. The van der Waals surface area contributed by atoms with Crippen LogP contribution in [0.5, 0.6) is 11.6 Å². The number of rotatable bonds is 5. The van der Waals surface area contributed by atoms with Gasteiger partial charge in [0.1, 0.15) is 5.75 Å². The Balaban J connectivity index is 1.75. The van der Waals surface area contributed by atoms with E-state index < -0.39 is 5.97 Å². The third kappa shape index (κ3) is 3.62. The number of nitrogens with one attached hydrogen (secondary N) is 1. The monoisotopic (exact) mass is 389 g/mol. The highest BCUT2D eigenvalue weighted by molar-refractivity contribution is 5.92. The molecule has 0 fully saturated rings. The van der Waals surface area contributed by atoms with E-state index in [1.807, 2.05) is 42.5 Å². The molecular weight excluding hydrogens is 370 g/mol. The molecule has 1 aliphatic rings. The van der Waals surface area contributed by atoms with Crippen molar-refractivity contribution in [3.05, 3.63) is 64.6 Å². The molecule has 3 aromatic rings. The first-order chi connectivity index (χ1) is 14.1. The Bertz CT molecular complexity index is 1290. The maximum absolute atomic E-state index is 11.5. The Hall–Kier alpha value is -3.87. The summed E-state index contributed by atoms with van der Waals surface area (Å²) in [6, 6.07) is 11.2. The number of carbonyl (C=O) groups is 1. The molecule has 7 heteroatoms. The van der Waals surface area contributed by atoms with Crippen molar-refractivity contribution in [2.24, 2.45) is 10.2 Å². The quantitative estimate of drug-likeness (QED) is 0.518. The van der Waals surface area contributed by atoms with Crippen LogP contribution in [0.15, 0.2) is 58.8 Å². The molecule has 1 aliphatic heterocycles. The number of azo groups is 1.